The molecule has 142 valence electrons. The number of rotatable bonds is 1. The van der Waals surface area contributed by atoms with Gasteiger partial charge in [0, 0.05) is 12.1 Å². The molecule has 0 aromatic heterocycles. The number of alkyl halides is 3. The maximum absolute atomic E-state index is 13.4. The van der Waals surface area contributed by atoms with Crippen LogP contribution in [-0.2, 0) is 14.3 Å². The third kappa shape index (κ3) is 4.13. The van der Waals surface area contributed by atoms with E-state index in [1.165, 1.54) is 20.8 Å². The largest absolute Gasteiger partial charge is 0.453 e. The van der Waals surface area contributed by atoms with E-state index >= 15 is 0 Å². The highest BCUT2D eigenvalue weighted by atomic mass is 19.4. The van der Waals surface area contributed by atoms with Gasteiger partial charge >= 0.3 is 18.1 Å². The zero-order valence-electron chi connectivity index (χ0n) is 14.5. The van der Waals surface area contributed by atoms with E-state index in [1.54, 1.807) is 0 Å². The van der Waals surface area contributed by atoms with Gasteiger partial charge in [0.2, 0.25) is 0 Å². The zero-order chi connectivity index (χ0) is 19.0. The average molecular weight is 364 g/mol. The molecule has 0 unspecified atom stereocenters. The molecule has 1 fully saturated rings. The lowest BCUT2D eigenvalue weighted by molar-refractivity contribution is -0.302. The number of hydrazone groups is 1. The maximum atomic E-state index is 13.4. The number of amides is 1. The van der Waals surface area contributed by atoms with Crippen molar-refractivity contribution in [2.45, 2.75) is 76.8 Å². The number of hydrogen-bond donors (Lipinski definition) is 1. The van der Waals surface area contributed by atoms with Gasteiger partial charge in [0.25, 0.3) is 5.72 Å². The Hall–Kier alpha value is -1.64. The standard InChI is InChI=1S/C16H23F3N2O4/c1-14(2,3)25-13(23)12(22)21-15(24,16(17,18)19)9-11(20-21)10-7-5-4-6-8-10/h10,24H,4-9H2,1-3H3/t15-/m0/s1. The van der Waals surface area contributed by atoms with Gasteiger partial charge in [0.1, 0.15) is 5.60 Å². The van der Waals surface area contributed by atoms with Crippen molar-refractivity contribution in [3.05, 3.63) is 0 Å². The zero-order valence-corrected chi connectivity index (χ0v) is 14.5. The third-order valence-electron chi connectivity index (χ3n) is 4.30. The summed E-state index contributed by atoms with van der Waals surface area (Å²) in [4.78, 5) is 24.1. The van der Waals surface area contributed by atoms with Crippen molar-refractivity contribution in [2.24, 2.45) is 11.0 Å². The summed E-state index contributed by atoms with van der Waals surface area (Å²) in [5.41, 5.74) is -4.47. The lowest BCUT2D eigenvalue weighted by Crippen LogP contribution is -2.58. The lowest BCUT2D eigenvalue weighted by atomic mass is 9.83. The number of carbonyl (C=O) groups is 2. The van der Waals surface area contributed by atoms with Crippen LogP contribution in [0.15, 0.2) is 5.10 Å². The first-order valence-electron chi connectivity index (χ1n) is 8.29. The van der Waals surface area contributed by atoms with Crippen LogP contribution in [-0.4, -0.2) is 45.2 Å². The minimum atomic E-state index is -5.15. The third-order valence-corrected chi connectivity index (χ3v) is 4.30. The normalized spacial score (nSPS) is 25.7. The second-order valence-corrected chi connectivity index (χ2v) is 7.54. The van der Waals surface area contributed by atoms with Crippen LogP contribution in [0.2, 0.25) is 0 Å². The smallest absolute Gasteiger partial charge is 0.438 e. The SMILES string of the molecule is CC(C)(C)OC(=O)C(=O)N1N=C(C2CCCCC2)C[C@]1(O)C(F)(F)F. The fourth-order valence-corrected chi connectivity index (χ4v) is 3.08. The van der Waals surface area contributed by atoms with Crippen LogP contribution in [0, 0.1) is 5.92 Å². The molecule has 9 heteroatoms. The number of ether oxygens (including phenoxy) is 1. The summed E-state index contributed by atoms with van der Waals surface area (Å²) in [5, 5.41) is 13.7. The van der Waals surface area contributed by atoms with Crippen molar-refractivity contribution in [1.29, 1.82) is 0 Å². The Morgan fingerprint density at radius 1 is 1.20 bits per heavy atom. The quantitative estimate of drug-likeness (QED) is 0.573. The first-order chi connectivity index (χ1) is 11.3. The Bertz CT molecular complexity index is 577. The lowest BCUT2D eigenvalue weighted by Gasteiger charge is -2.32. The molecule has 1 aliphatic heterocycles. The summed E-state index contributed by atoms with van der Waals surface area (Å²) in [6.45, 7) is 4.44. The molecular formula is C16H23F3N2O4. The maximum Gasteiger partial charge on any atom is 0.438 e. The van der Waals surface area contributed by atoms with Crippen LogP contribution < -0.4 is 0 Å². The monoisotopic (exact) mass is 364 g/mol. The summed E-state index contributed by atoms with van der Waals surface area (Å²) >= 11 is 0. The molecule has 6 nitrogen and oxygen atoms in total. The van der Waals surface area contributed by atoms with Crippen molar-refractivity contribution in [2.75, 3.05) is 0 Å². The van der Waals surface area contributed by atoms with Crippen LogP contribution in [0.4, 0.5) is 13.2 Å². The highest BCUT2D eigenvalue weighted by molar-refractivity contribution is 6.33. The molecule has 25 heavy (non-hydrogen) atoms. The van der Waals surface area contributed by atoms with Crippen molar-refractivity contribution in [1.82, 2.24) is 5.01 Å². The Kier molecular flexibility index (Phi) is 5.18. The van der Waals surface area contributed by atoms with Crippen LogP contribution in [0.5, 0.6) is 0 Å². The Morgan fingerprint density at radius 3 is 2.24 bits per heavy atom. The predicted molar refractivity (Wildman–Crippen MR) is 82.3 cm³/mol. The molecule has 0 radical (unpaired) electrons. The Labute approximate surface area is 144 Å². The molecule has 1 amide bonds. The number of hydrogen-bond acceptors (Lipinski definition) is 5. The van der Waals surface area contributed by atoms with Gasteiger partial charge in [-0.05, 0) is 39.5 Å². The van der Waals surface area contributed by atoms with Gasteiger partial charge in [-0.3, -0.25) is 4.79 Å². The van der Waals surface area contributed by atoms with Crippen molar-refractivity contribution < 1.29 is 32.6 Å². The average Bonchev–Trinajstić information content (AvgIpc) is 2.84. The number of carbonyl (C=O) groups excluding carboxylic acids is 2. The van der Waals surface area contributed by atoms with Gasteiger partial charge in [-0.2, -0.15) is 23.3 Å². The van der Waals surface area contributed by atoms with E-state index in [2.05, 4.69) is 5.10 Å². The van der Waals surface area contributed by atoms with E-state index in [1.807, 2.05) is 0 Å². The fourth-order valence-electron chi connectivity index (χ4n) is 3.08. The van der Waals surface area contributed by atoms with E-state index in [-0.39, 0.29) is 16.6 Å². The van der Waals surface area contributed by atoms with Crippen molar-refractivity contribution in [3.63, 3.8) is 0 Å². The molecule has 1 aliphatic carbocycles. The first kappa shape index (κ1) is 19.7. The fraction of sp³-hybridized carbons (Fsp3) is 0.812. The van der Waals surface area contributed by atoms with E-state index in [0.29, 0.717) is 12.8 Å². The van der Waals surface area contributed by atoms with Crippen LogP contribution in [0.3, 0.4) is 0 Å². The Balaban J connectivity index is 2.30. The van der Waals surface area contributed by atoms with Crippen LogP contribution >= 0.6 is 0 Å². The Morgan fingerprint density at radius 2 is 1.76 bits per heavy atom. The molecule has 1 N–H and O–H groups in total. The number of esters is 1. The highest BCUT2D eigenvalue weighted by Crippen LogP contribution is 2.43. The number of aliphatic hydroxyl groups is 1. The van der Waals surface area contributed by atoms with E-state index in [9.17, 15) is 27.9 Å². The summed E-state index contributed by atoms with van der Waals surface area (Å²) in [5.74, 6) is -3.33. The van der Waals surface area contributed by atoms with Crippen molar-refractivity contribution in [3.8, 4) is 0 Å². The molecule has 2 aliphatic rings. The van der Waals surface area contributed by atoms with Gasteiger partial charge in [-0.1, -0.05) is 19.3 Å². The summed E-state index contributed by atoms with van der Waals surface area (Å²) in [6, 6.07) is 0. The number of nitrogens with zero attached hydrogens (tertiary/aromatic N) is 2. The second kappa shape index (κ2) is 6.59. The molecule has 0 aromatic carbocycles. The molecule has 1 saturated carbocycles. The molecule has 0 bridgehead atoms. The minimum absolute atomic E-state index is 0.108. The van der Waals surface area contributed by atoms with Gasteiger partial charge in [0.15, 0.2) is 0 Å². The van der Waals surface area contributed by atoms with Gasteiger partial charge in [0.05, 0.1) is 0 Å². The summed E-state index contributed by atoms with van der Waals surface area (Å²) < 4.78 is 45.1. The van der Waals surface area contributed by atoms with Crippen molar-refractivity contribution >= 4 is 17.6 Å². The molecule has 0 saturated heterocycles. The van der Waals surface area contributed by atoms with E-state index in [4.69, 9.17) is 4.74 Å². The van der Waals surface area contributed by atoms with Gasteiger partial charge in [-0.25, -0.2) is 4.79 Å². The van der Waals surface area contributed by atoms with Gasteiger partial charge in [-0.15, -0.1) is 0 Å². The number of halogens is 3. The second-order valence-electron chi connectivity index (χ2n) is 7.54. The topological polar surface area (TPSA) is 79.2 Å². The molecule has 0 spiro atoms. The molecular weight excluding hydrogens is 341 g/mol. The first-order valence-corrected chi connectivity index (χ1v) is 8.29. The molecule has 2 rings (SSSR count). The summed E-state index contributed by atoms with van der Waals surface area (Å²) in [7, 11) is 0. The molecule has 0 aromatic rings. The minimum Gasteiger partial charge on any atom is -0.453 e. The summed E-state index contributed by atoms with van der Waals surface area (Å²) in [6.07, 6.45) is -1.97. The molecule has 1 atom stereocenters. The van der Waals surface area contributed by atoms with Gasteiger partial charge < -0.3 is 9.84 Å². The molecule has 1 heterocycles. The van der Waals surface area contributed by atoms with E-state index < -0.39 is 35.8 Å². The predicted octanol–water partition coefficient (Wildman–Crippen LogP) is 2.75. The highest BCUT2D eigenvalue weighted by Gasteiger charge is 2.64. The van der Waals surface area contributed by atoms with Crippen LogP contribution in [0.1, 0.15) is 59.3 Å². The van der Waals surface area contributed by atoms with E-state index in [0.717, 1.165) is 19.3 Å². The van der Waals surface area contributed by atoms with Crippen LogP contribution in [0.25, 0.3) is 0 Å².